The Hall–Kier alpha value is -2.42. The molecule has 158 valence electrons. The van der Waals surface area contributed by atoms with Crippen LogP contribution < -0.4 is 14.8 Å². The Morgan fingerprint density at radius 3 is 2.52 bits per heavy atom. The minimum absolute atomic E-state index is 0.0547. The van der Waals surface area contributed by atoms with Crippen molar-refractivity contribution in [3.8, 4) is 5.75 Å². The summed E-state index contributed by atoms with van der Waals surface area (Å²) in [6.07, 6.45) is 0.607. The van der Waals surface area contributed by atoms with Gasteiger partial charge in [-0.15, -0.1) is 0 Å². The van der Waals surface area contributed by atoms with E-state index in [4.69, 9.17) is 9.84 Å². The molecule has 0 saturated heterocycles. The van der Waals surface area contributed by atoms with E-state index in [1.165, 1.54) is 12.1 Å². The summed E-state index contributed by atoms with van der Waals surface area (Å²) in [5.41, 5.74) is 1.53. The van der Waals surface area contributed by atoms with Crippen LogP contribution in [0.2, 0.25) is 0 Å². The van der Waals surface area contributed by atoms with Gasteiger partial charge in [0.15, 0.2) is 0 Å². The molecule has 0 aliphatic rings. The number of rotatable bonds is 11. The number of ether oxygens (including phenoxy) is 1. The van der Waals surface area contributed by atoms with E-state index in [1.807, 2.05) is 37.3 Å². The van der Waals surface area contributed by atoms with Crippen molar-refractivity contribution in [1.82, 2.24) is 10.0 Å². The van der Waals surface area contributed by atoms with Gasteiger partial charge < -0.3 is 15.2 Å². The van der Waals surface area contributed by atoms with Gasteiger partial charge in [-0.2, -0.15) is 4.72 Å². The molecule has 1 atom stereocenters. The van der Waals surface area contributed by atoms with Crippen molar-refractivity contribution in [2.24, 2.45) is 0 Å². The van der Waals surface area contributed by atoms with Crippen LogP contribution in [-0.4, -0.2) is 45.2 Å². The number of aryl methyl sites for hydroxylation is 1. The molecule has 0 heterocycles. The average Bonchev–Trinajstić information content (AvgIpc) is 2.70. The third-order valence-corrected chi connectivity index (χ3v) is 5.76. The normalized spacial score (nSPS) is 12.4. The van der Waals surface area contributed by atoms with Gasteiger partial charge in [-0.3, -0.25) is 4.79 Å². The maximum Gasteiger partial charge on any atom is 0.241 e. The second kappa shape index (κ2) is 10.9. The molecule has 0 fully saturated rings. The Morgan fingerprint density at radius 2 is 1.90 bits per heavy atom. The minimum atomic E-state index is -3.93. The van der Waals surface area contributed by atoms with Crippen molar-refractivity contribution in [3.05, 3.63) is 59.7 Å². The minimum Gasteiger partial charge on any atom is -0.494 e. The van der Waals surface area contributed by atoms with Gasteiger partial charge >= 0.3 is 0 Å². The molecule has 0 saturated carbocycles. The summed E-state index contributed by atoms with van der Waals surface area (Å²) in [7, 11) is -3.93. The summed E-state index contributed by atoms with van der Waals surface area (Å²) < 4.78 is 33.8. The zero-order valence-corrected chi connectivity index (χ0v) is 17.5. The quantitative estimate of drug-likeness (QED) is 0.481. The predicted octanol–water partition coefficient (Wildman–Crippen LogP) is 1.78. The molecule has 1 amide bonds. The Morgan fingerprint density at radius 1 is 1.17 bits per heavy atom. The van der Waals surface area contributed by atoms with Crippen LogP contribution in [-0.2, 0) is 21.2 Å². The van der Waals surface area contributed by atoms with Gasteiger partial charge in [0.05, 0.1) is 11.5 Å². The van der Waals surface area contributed by atoms with Crippen molar-refractivity contribution >= 4 is 15.9 Å². The highest BCUT2D eigenvalue weighted by atomic mass is 32.2. The number of carbonyl (C=O) groups is 1. The number of aliphatic hydroxyl groups excluding tert-OH is 1. The van der Waals surface area contributed by atoms with Gasteiger partial charge in [-0.1, -0.05) is 30.3 Å². The van der Waals surface area contributed by atoms with Crippen LogP contribution >= 0.6 is 0 Å². The zero-order valence-electron chi connectivity index (χ0n) is 16.7. The average molecular weight is 421 g/mol. The number of hydrogen-bond donors (Lipinski definition) is 3. The third-order valence-electron chi connectivity index (χ3n) is 4.29. The number of aliphatic hydroxyl groups is 1. The Bertz CT molecular complexity index is 901. The summed E-state index contributed by atoms with van der Waals surface area (Å²) in [6, 6.07) is 12.8. The highest BCUT2D eigenvalue weighted by Gasteiger charge is 2.26. The van der Waals surface area contributed by atoms with E-state index >= 15 is 0 Å². The van der Waals surface area contributed by atoms with Crippen LogP contribution in [0.25, 0.3) is 0 Å². The van der Waals surface area contributed by atoms with Gasteiger partial charge in [0, 0.05) is 13.2 Å². The lowest BCUT2D eigenvalue weighted by Gasteiger charge is -2.19. The molecule has 0 spiro atoms. The number of benzene rings is 2. The monoisotopic (exact) mass is 420 g/mol. The molecular weight excluding hydrogens is 392 g/mol. The second-order valence-corrected chi connectivity index (χ2v) is 8.31. The SMILES string of the molecule is CCOc1ccc(S(=O)(=O)NC(Cc2ccccc2)C(=O)NCCCO)cc1C. The standard InChI is InChI=1S/C21H28N2O5S/c1-3-28-20-11-10-18(14-16(20)2)29(26,27)23-19(21(25)22-12-7-13-24)15-17-8-5-4-6-9-17/h4-6,8-11,14,19,23-24H,3,7,12-13,15H2,1-2H3,(H,22,25). The summed E-state index contributed by atoms with van der Waals surface area (Å²) in [4.78, 5) is 12.7. The summed E-state index contributed by atoms with van der Waals surface area (Å²) in [5, 5.41) is 11.6. The molecule has 0 bridgehead atoms. The summed E-state index contributed by atoms with van der Waals surface area (Å²) in [5.74, 6) is 0.183. The molecule has 2 aromatic carbocycles. The van der Waals surface area contributed by atoms with Crippen molar-refractivity contribution < 1.29 is 23.1 Å². The first-order valence-corrected chi connectivity index (χ1v) is 11.0. The fraction of sp³-hybridized carbons (Fsp3) is 0.381. The van der Waals surface area contributed by atoms with Gasteiger partial charge in [0.1, 0.15) is 11.8 Å². The van der Waals surface area contributed by atoms with Crippen LogP contribution in [0.15, 0.2) is 53.4 Å². The number of amides is 1. The fourth-order valence-electron chi connectivity index (χ4n) is 2.81. The fourth-order valence-corrected chi connectivity index (χ4v) is 4.09. The van der Waals surface area contributed by atoms with E-state index in [9.17, 15) is 13.2 Å². The first-order valence-electron chi connectivity index (χ1n) is 9.55. The summed E-state index contributed by atoms with van der Waals surface area (Å²) in [6.45, 7) is 4.33. The molecule has 2 aromatic rings. The first-order chi connectivity index (χ1) is 13.9. The Balaban J connectivity index is 2.23. The van der Waals surface area contributed by atoms with E-state index in [0.29, 0.717) is 24.3 Å². The van der Waals surface area contributed by atoms with Crippen LogP contribution in [0, 0.1) is 6.92 Å². The van der Waals surface area contributed by atoms with Crippen molar-refractivity contribution in [3.63, 3.8) is 0 Å². The lowest BCUT2D eigenvalue weighted by molar-refractivity contribution is -0.122. The second-order valence-electron chi connectivity index (χ2n) is 6.59. The lowest BCUT2D eigenvalue weighted by Crippen LogP contribution is -2.48. The molecule has 2 rings (SSSR count). The van der Waals surface area contributed by atoms with Crippen molar-refractivity contribution in [1.29, 1.82) is 0 Å². The molecular formula is C21H28N2O5S. The van der Waals surface area contributed by atoms with E-state index < -0.39 is 22.0 Å². The molecule has 3 N–H and O–H groups in total. The van der Waals surface area contributed by atoms with Gasteiger partial charge in [-0.05, 0) is 56.0 Å². The molecule has 0 aliphatic heterocycles. The molecule has 1 unspecified atom stereocenters. The van der Waals surface area contributed by atoms with E-state index in [1.54, 1.807) is 13.0 Å². The van der Waals surface area contributed by atoms with Crippen LogP contribution in [0.4, 0.5) is 0 Å². The maximum absolute atomic E-state index is 12.9. The highest BCUT2D eigenvalue weighted by Crippen LogP contribution is 2.22. The van der Waals surface area contributed by atoms with Gasteiger partial charge in [-0.25, -0.2) is 8.42 Å². The zero-order chi connectivity index (χ0) is 21.3. The van der Waals surface area contributed by atoms with Gasteiger partial charge in [0.25, 0.3) is 0 Å². The Kier molecular flexibility index (Phi) is 8.63. The predicted molar refractivity (Wildman–Crippen MR) is 111 cm³/mol. The molecule has 0 radical (unpaired) electrons. The highest BCUT2D eigenvalue weighted by molar-refractivity contribution is 7.89. The number of sulfonamides is 1. The molecule has 7 nitrogen and oxygen atoms in total. The summed E-state index contributed by atoms with van der Waals surface area (Å²) >= 11 is 0. The van der Waals surface area contributed by atoms with Gasteiger partial charge in [0.2, 0.25) is 15.9 Å². The van der Waals surface area contributed by atoms with E-state index in [2.05, 4.69) is 10.0 Å². The smallest absolute Gasteiger partial charge is 0.241 e. The topological polar surface area (TPSA) is 105 Å². The van der Waals surface area contributed by atoms with Crippen LogP contribution in [0.1, 0.15) is 24.5 Å². The van der Waals surface area contributed by atoms with E-state index in [0.717, 1.165) is 5.56 Å². The number of nitrogens with one attached hydrogen (secondary N) is 2. The molecule has 0 aliphatic carbocycles. The van der Waals surface area contributed by atoms with Crippen molar-refractivity contribution in [2.45, 2.75) is 37.6 Å². The lowest BCUT2D eigenvalue weighted by atomic mass is 10.1. The Labute approximate surface area is 172 Å². The molecule has 29 heavy (non-hydrogen) atoms. The van der Waals surface area contributed by atoms with Crippen LogP contribution in [0.5, 0.6) is 5.75 Å². The number of carbonyl (C=O) groups excluding carboxylic acids is 1. The molecule has 8 heteroatoms. The first kappa shape index (κ1) is 22.9. The largest absolute Gasteiger partial charge is 0.494 e. The number of hydrogen-bond acceptors (Lipinski definition) is 5. The third kappa shape index (κ3) is 6.85. The maximum atomic E-state index is 12.9. The van der Waals surface area contributed by atoms with Crippen molar-refractivity contribution in [2.75, 3.05) is 19.8 Å². The van der Waals surface area contributed by atoms with Crippen LogP contribution in [0.3, 0.4) is 0 Å². The van der Waals surface area contributed by atoms with E-state index in [-0.39, 0.29) is 24.5 Å². The molecule has 0 aromatic heterocycles.